The lowest BCUT2D eigenvalue weighted by Gasteiger charge is -2.48. The smallest absolute Gasteiger partial charge is 0.175 e. The van der Waals surface area contributed by atoms with E-state index in [1.165, 1.54) is 6.07 Å². The molecule has 0 amide bonds. The van der Waals surface area contributed by atoms with Gasteiger partial charge in [-0.05, 0) is 67.1 Å². The first kappa shape index (κ1) is 25.5. The van der Waals surface area contributed by atoms with Crippen molar-refractivity contribution in [2.75, 3.05) is 24.6 Å². The Balaban J connectivity index is 0.00000137. The number of fused-ring (bicyclic) bond motifs is 2. The minimum Gasteiger partial charge on any atom is -0.373 e. The number of benzene rings is 2. The molecule has 0 radical (unpaired) electrons. The van der Waals surface area contributed by atoms with E-state index in [1.54, 1.807) is 19.2 Å². The highest BCUT2D eigenvalue weighted by molar-refractivity contribution is 6.01. The molecule has 2 fully saturated rings. The average molecular weight is 505 g/mol. The van der Waals surface area contributed by atoms with Crippen LogP contribution in [-0.2, 0) is 11.2 Å². The molecule has 5 nitrogen and oxygen atoms in total. The maximum atomic E-state index is 16.2. The lowest BCUT2D eigenvalue weighted by Crippen LogP contribution is -2.56. The molecule has 1 unspecified atom stereocenters. The SMILES string of the molecule is CC.CCc1c(F)ccc2cc(C)cc(-c3ncc4c(N5CCCC6(CCO6)C5)nc(C)nc4c3F)c12. The van der Waals surface area contributed by atoms with Crippen molar-refractivity contribution in [2.45, 2.75) is 65.9 Å². The molecule has 0 N–H and O–H groups in total. The molecule has 2 aromatic carbocycles. The van der Waals surface area contributed by atoms with Crippen LogP contribution in [0.2, 0.25) is 0 Å². The maximum Gasteiger partial charge on any atom is 0.175 e. The Bertz CT molecular complexity index is 1480. The Kier molecular flexibility index (Phi) is 6.84. The standard InChI is InChI=1S/C28H28F2N4O.C2H6/c1-4-19-22(29)7-6-18-12-16(2)13-20(23(18)19)25-24(30)26-21(14-31-25)27(33-17(3)32-26)34-10-5-8-28(15-34)9-11-35-28;1-2/h6-7,12-14H,4-5,8-11,15H2,1-3H3;1-2H3. The minimum atomic E-state index is -0.501. The molecule has 194 valence electrons. The second-order valence-electron chi connectivity index (χ2n) is 9.87. The van der Waals surface area contributed by atoms with Gasteiger partial charge in [0, 0.05) is 31.3 Å². The first-order valence-corrected chi connectivity index (χ1v) is 13.3. The third-order valence-corrected chi connectivity index (χ3v) is 7.50. The third-order valence-electron chi connectivity index (χ3n) is 7.50. The van der Waals surface area contributed by atoms with Gasteiger partial charge < -0.3 is 9.64 Å². The quantitative estimate of drug-likeness (QED) is 0.298. The lowest BCUT2D eigenvalue weighted by molar-refractivity contribution is -0.151. The zero-order valence-corrected chi connectivity index (χ0v) is 22.3. The van der Waals surface area contributed by atoms with E-state index in [0.29, 0.717) is 40.0 Å². The number of hydrogen-bond donors (Lipinski definition) is 0. The molecule has 2 aromatic heterocycles. The first-order valence-electron chi connectivity index (χ1n) is 13.3. The van der Waals surface area contributed by atoms with E-state index in [2.05, 4.69) is 14.9 Å². The second kappa shape index (κ2) is 9.93. The predicted octanol–water partition coefficient (Wildman–Crippen LogP) is 7.09. The summed E-state index contributed by atoms with van der Waals surface area (Å²) in [7, 11) is 0. The highest BCUT2D eigenvalue weighted by atomic mass is 19.1. The van der Waals surface area contributed by atoms with Crippen LogP contribution in [0.1, 0.15) is 57.0 Å². The van der Waals surface area contributed by atoms with Crippen LogP contribution in [0.4, 0.5) is 14.6 Å². The Labute approximate surface area is 216 Å². The van der Waals surface area contributed by atoms with Crippen molar-refractivity contribution in [3.8, 4) is 11.3 Å². The average Bonchev–Trinajstić information content (AvgIpc) is 2.89. The monoisotopic (exact) mass is 504 g/mol. The molecule has 6 rings (SSSR count). The summed E-state index contributed by atoms with van der Waals surface area (Å²) in [4.78, 5) is 16.0. The largest absolute Gasteiger partial charge is 0.373 e. The fraction of sp³-hybridized carbons (Fsp3) is 0.433. The summed E-state index contributed by atoms with van der Waals surface area (Å²) in [6.45, 7) is 12.0. The topological polar surface area (TPSA) is 51.1 Å². The zero-order valence-electron chi connectivity index (χ0n) is 22.3. The lowest BCUT2D eigenvalue weighted by atomic mass is 9.86. The van der Waals surface area contributed by atoms with Crippen LogP contribution < -0.4 is 4.90 Å². The summed E-state index contributed by atoms with van der Waals surface area (Å²) < 4.78 is 36.9. The van der Waals surface area contributed by atoms with Gasteiger partial charge >= 0.3 is 0 Å². The molecule has 1 atom stereocenters. The van der Waals surface area contributed by atoms with Crippen molar-refractivity contribution in [3.63, 3.8) is 0 Å². The van der Waals surface area contributed by atoms with Crippen molar-refractivity contribution in [1.29, 1.82) is 0 Å². The number of piperidine rings is 1. The number of pyridine rings is 1. The minimum absolute atomic E-state index is 0.115. The Morgan fingerprint density at radius 1 is 1.08 bits per heavy atom. The number of rotatable bonds is 3. The fourth-order valence-electron chi connectivity index (χ4n) is 5.77. The molecule has 0 bridgehead atoms. The molecule has 1 spiro atoms. The van der Waals surface area contributed by atoms with Crippen molar-refractivity contribution in [1.82, 2.24) is 15.0 Å². The van der Waals surface area contributed by atoms with Crippen LogP contribution in [0, 0.1) is 25.5 Å². The second-order valence-corrected chi connectivity index (χ2v) is 9.87. The highest BCUT2D eigenvalue weighted by Crippen LogP contribution is 2.40. The van der Waals surface area contributed by atoms with Gasteiger partial charge in [0.05, 0.1) is 17.6 Å². The fourth-order valence-corrected chi connectivity index (χ4v) is 5.77. The molecule has 4 heterocycles. The van der Waals surface area contributed by atoms with Gasteiger partial charge in [-0.3, -0.25) is 4.98 Å². The van der Waals surface area contributed by atoms with Crippen LogP contribution in [0.25, 0.3) is 32.9 Å². The molecule has 0 saturated carbocycles. The molecule has 0 aliphatic carbocycles. The van der Waals surface area contributed by atoms with Gasteiger partial charge in [0.1, 0.15) is 28.7 Å². The Hall–Kier alpha value is -3.19. The van der Waals surface area contributed by atoms with Crippen LogP contribution in [0.15, 0.2) is 30.5 Å². The Morgan fingerprint density at radius 2 is 1.86 bits per heavy atom. The maximum absolute atomic E-state index is 16.2. The van der Waals surface area contributed by atoms with Gasteiger partial charge in [-0.2, -0.15) is 0 Å². The van der Waals surface area contributed by atoms with Gasteiger partial charge in [0.15, 0.2) is 5.82 Å². The molecular weight excluding hydrogens is 470 g/mol. The number of ether oxygens (including phenoxy) is 1. The van der Waals surface area contributed by atoms with Crippen molar-refractivity contribution in [2.24, 2.45) is 0 Å². The number of halogens is 2. The third kappa shape index (κ3) is 4.33. The van der Waals surface area contributed by atoms with Crippen molar-refractivity contribution >= 4 is 27.5 Å². The molecular formula is C30H34F2N4O. The molecule has 2 aliphatic rings. The van der Waals surface area contributed by atoms with Gasteiger partial charge in [-0.1, -0.05) is 32.9 Å². The number of anilines is 1. The van der Waals surface area contributed by atoms with E-state index >= 15 is 4.39 Å². The van der Waals surface area contributed by atoms with E-state index in [4.69, 9.17) is 9.72 Å². The molecule has 7 heteroatoms. The van der Waals surface area contributed by atoms with Gasteiger partial charge in [0.25, 0.3) is 0 Å². The van der Waals surface area contributed by atoms with E-state index in [-0.39, 0.29) is 22.6 Å². The Morgan fingerprint density at radius 3 is 2.57 bits per heavy atom. The van der Waals surface area contributed by atoms with Crippen LogP contribution in [0.3, 0.4) is 0 Å². The van der Waals surface area contributed by atoms with Gasteiger partial charge in [-0.15, -0.1) is 0 Å². The predicted molar refractivity (Wildman–Crippen MR) is 145 cm³/mol. The zero-order chi connectivity index (χ0) is 26.3. The van der Waals surface area contributed by atoms with Gasteiger partial charge in [0.2, 0.25) is 0 Å². The summed E-state index contributed by atoms with van der Waals surface area (Å²) >= 11 is 0. The summed E-state index contributed by atoms with van der Waals surface area (Å²) in [6, 6.07) is 7.11. The number of aromatic nitrogens is 3. The molecule has 37 heavy (non-hydrogen) atoms. The summed E-state index contributed by atoms with van der Waals surface area (Å²) in [5, 5.41) is 2.17. The van der Waals surface area contributed by atoms with Crippen LogP contribution in [-0.4, -0.2) is 40.2 Å². The highest BCUT2D eigenvalue weighted by Gasteiger charge is 2.42. The molecule has 2 aliphatic heterocycles. The molecule has 2 saturated heterocycles. The van der Waals surface area contributed by atoms with Crippen molar-refractivity contribution < 1.29 is 13.5 Å². The van der Waals surface area contributed by atoms with E-state index in [9.17, 15) is 4.39 Å². The number of hydrogen-bond acceptors (Lipinski definition) is 5. The van der Waals surface area contributed by atoms with E-state index in [1.807, 2.05) is 39.8 Å². The summed E-state index contributed by atoms with van der Waals surface area (Å²) in [5.41, 5.74) is 2.44. The van der Waals surface area contributed by atoms with Crippen molar-refractivity contribution in [3.05, 3.63) is 59.0 Å². The summed E-state index contributed by atoms with van der Waals surface area (Å²) in [6.07, 6.45) is 5.25. The normalized spacial score (nSPS) is 19.2. The first-order chi connectivity index (χ1) is 17.9. The van der Waals surface area contributed by atoms with E-state index < -0.39 is 5.82 Å². The van der Waals surface area contributed by atoms with Gasteiger partial charge in [-0.25, -0.2) is 18.7 Å². The van der Waals surface area contributed by atoms with E-state index in [0.717, 1.165) is 49.9 Å². The molecule has 4 aromatic rings. The van der Waals surface area contributed by atoms with Crippen LogP contribution >= 0.6 is 0 Å². The summed E-state index contributed by atoms with van der Waals surface area (Å²) in [5.74, 6) is 0.421. The van der Waals surface area contributed by atoms with Crippen LogP contribution in [0.5, 0.6) is 0 Å². The number of nitrogens with zero attached hydrogens (tertiary/aromatic N) is 4. The number of aryl methyl sites for hydroxylation is 3.